The van der Waals surface area contributed by atoms with Crippen LogP contribution in [-0.2, 0) is 13.6 Å². The lowest BCUT2D eigenvalue weighted by molar-refractivity contribution is -0.0561. The van der Waals surface area contributed by atoms with Gasteiger partial charge in [-0.1, -0.05) is 0 Å². The van der Waals surface area contributed by atoms with Gasteiger partial charge in [-0.05, 0) is 0 Å². The van der Waals surface area contributed by atoms with E-state index in [9.17, 15) is 29.6 Å². The highest BCUT2D eigenvalue weighted by Crippen LogP contribution is 2.67. The molecule has 1 aromatic rings. The molecule has 0 radical (unpaired) electrons. The monoisotopic (exact) mass is 406 g/mol. The Morgan fingerprint density at radius 2 is 1.80 bits per heavy atom. The van der Waals surface area contributed by atoms with Gasteiger partial charge in [0.15, 0.2) is 6.23 Å². The Kier molecular flexibility index (Phi) is 6.06. The average Bonchev–Trinajstić information content (AvgIpc) is 2.71. The highest BCUT2D eigenvalue weighted by atomic mass is 31.3. The summed E-state index contributed by atoms with van der Waals surface area (Å²) in [5.41, 5.74) is -1.61. The third-order valence-corrected chi connectivity index (χ3v) is 5.30. The minimum absolute atomic E-state index is 0.690. The molecular formula is C9H16N2O12P2+2. The summed E-state index contributed by atoms with van der Waals surface area (Å²) in [6.45, 7) is -0.812. The lowest BCUT2D eigenvalue weighted by Crippen LogP contribution is -2.37. The molecule has 0 spiro atoms. The highest BCUT2D eigenvalue weighted by molar-refractivity contribution is 7.67. The van der Waals surface area contributed by atoms with E-state index < -0.39 is 58.7 Å². The molecule has 1 aliphatic heterocycles. The number of aliphatic hydroxyl groups excluding tert-OH is 2. The molecule has 2 rings (SSSR count). The highest BCUT2D eigenvalue weighted by Gasteiger charge is 2.59. The number of hydrogen-bond acceptors (Lipinski definition) is 12. The minimum Gasteiger partial charge on any atom is -0.387 e. The van der Waals surface area contributed by atoms with Crippen LogP contribution in [-0.4, -0.2) is 69.1 Å². The van der Waals surface area contributed by atoms with E-state index in [-0.39, 0.29) is 0 Å². The van der Waals surface area contributed by atoms with Gasteiger partial charge in [-0.2, -0.15) is 24.5 Å². The molecule has 0 saturated carbocycles. The van der Waals surface area contributed by atoms with E-state index in [2.05, 4.69) is 8.83 Å². The van der Waals surface area contributed by atoms with Crippen molar-refractivity contribution in [1.29, 1.82) is 0 Å². The quantitative estimate of drug-likeness (QED) is 0.216. The van der Waals surface area contributed by atoms with Gasteiger partial charge in [0.1, 0.15) is 24.9 Å². The molecule has 1 saturated heterocycles. The number of nitrogens with zero attached hydrogens (tertiary/aromatic N) is 1. The van der Waals surface area contributed by atoms with Gasteiger partial charge in [0.05, 0.1) is 4.31 Å². The third kappa shape index (κ3) is 5.31. The Morgan fingerprint density at radius 1 is 1.16 bits per heavy atom. The Balaban J connectivity index is 2.07. The Hall–Kier alpha value is -0.860. The van der Waals surface area contributed by atoms with Gasteiger partial charge in [-0.25, -0.2) is 4.79 Å². The molecule has 142 valence electrons. The molecule has 25 heavy (non-hydrogen) atoms. The molecule has 14 nitrogen and oxygen atoms in total. The van der Waals surface area contributed by atoms with Crippen molar-refractivity contribution >= 4 is 16.3 Å². The molecule has 0 aromatic carbocycles. The maximum Gasteiger partial charge on any atom is 0.620 e. The topological polar surface area (TPSA) is 224 Å². The lowest BCUT2D eigenvalue weighted by atomic mass is 10.1. The summed E-state index contributed by atoms with van der Waals surface area (Å²) in [6, 6.07) is 0.979. The van der Waals surface area contributed by atoms with Crippen LogP contribution < -0.4 is 11.2 Å². The van der Waals surface area contributed by atoms with Crippen molar-refractivity contribution < 1.29 is 48.3 Å². The molecule has 2 heterocycles. The normalized spacial score (nSPS) is 27.6. The molecule has 16 heteroatoms. The number of hydrogen-bond donors (Lipinski definition) is 8. The van der Waals surface area contributed by atoms with Crippen molar-refractivity contribution in [2.45, 2.75) is 24.5 Å². The second-order valence-corrected chi connectivity index (χ2v) is 7.86. The van der Waals surface area contributed by atoms with E-state index in [1.807, 2.05) is 4.98 Å². The summed E-state index contributed by atoms with van der Waals surface area (Å²) in [5.74, 6) is 0. The fourth-order valence-electron chi connectivity index (χ4n) is 2.06. The molecular weight excluding hydrogens is 390 g/mol. The third-order valence-electron chi connectivity index (χ3n) is 3.09. The van der Waals surface area contributed by atoms with Crippen molar-refractivity contribution in [3.63, 3.8) is 0 Å². The average molecular weight is 406 g/mol. The van der Waals surface area contributed by atoms with Gasteiger partial charge in [0.25, 0.3) is 5.56 Å². The first-order chi connectivity index (χ1) is 11.4. The van der Waals surface area contributed by atoms with Crippen LogP contribution in [0.2, 0.25) is 0 Å². The van der Waals surface area contributed by atoms with Crippen molar-refractivity contribution in [2.24, 2.45) is 0 Å². The Morgan fingerprint density at radius 3 is 2.36 bits per heavy atom. The first kappa shape index (κ1) is 20.5. The minimum atomic E-state index is -5.00. The maximum absolute atomic E-state index is 11.7. The van der Waals surface area contributed by atoms with E-state index in [0.29, 0.717) is 0 Å². The Labute approximate surface area is 139 Å². The lowest BCUT2D eigenvalue weighted by Gasteiger charge is -2.16. The zero-order valence-corrected chi connectivity index (χ0v) is 14.0. The first-order valence-electron chi connectivity index (χ1n) is 6.50. The van der Waals surface area contributed by atoms with E-state index in [1.54, 1.807) is 0 Å². The number of aromatic amines is 1. The Bertz CT molecular complexity index is 714. The summed E-state index contributed by atoms with van der Waals surface area (Å²) < 4.78 is 14.2. The van der Waals surface area contributed by atoms with E-state index in [1.165, 1.54) is 0 Å². The fourth-order valence-corrected chi connectivity index (χ4v) is 3.73. The molecule has 1 aromatic heterocycles. The number of H-pyrrole nitrogens is 1. The van der Waals surface area contributed by atoms with Gasteiger partial charge in [-0.15, -0.1) is 4.52 Å². The predicted molar refractivity (Wildman–Crippen MR) is 79.2 cm³/mol. The first-order valence-corrected chi connectivity index (χ1v) is 9.60. The van der Waals surface area contributed by atoms with Crippen LogP contribution in [0.4, 0.5) is 0 Å². The van der Waals surface area contributed by atoms with Gasteiger partial charge < -0.3 is 14.9 Å². The maximum atomic E-state index is 11.7. The molecule has 1 aliphatic rings. The van der Waals surface area contributed by atoms with E-state index >= 15 is 0 Å². The number of nitrogens with one attached hydrogen (secondary N) is 1. The van der Waals surface area contributed by atoms with Gasteiger partial charge in [0.2, 0.25) is 0 Å². The molecule has 8 N–H and O–H groups in total. The standard InChI is InChI=1S/C9H15N2O12P2/c12-5-1-2-11(9(15)10-5)8-7(14)6(13)4(22-8)3-21-25(19,20)23-24(16,17)18/h1-2,4,6-8,13-14,16-20H,3H2/q+1/p+1/t4-,6-,7-,8-/m1/s1. The van der Waals surface area contributed by atoms with E-state index in [0.717, 1.165) is 16.8 Å². The summed E-state index contributed by atoms with van der Waals surface area (Å²) in [5, 5.41) is 19.8. The van der Waals surface area contributed by atoms with Crippen molar-refractivity contribution in [3.8, 4) is 0 Å². The predicted octanol–water partition coefficient (Wildman–Crippen LogP) is -3.49. The van der Waals surface area contributed by atoms with Gasteiger partial charge >= 0.3 is 22.0 Å². The van der Waals surface area contributed by atoms with Crippen molar-refractivity contribution in [2.75, 3.05) is 6.61 Å². The zero-order chi connectivity index (χ0) is 19.0. The van der Waals surface area contributed by atoms with Gasteiger partial charge in [0, 0.05) is 12.3 Å². The second-order valence-electron chi connectivity index (χ2n) is 4.94. The van der Waals surface area contributed by atoms with Crippen LogP contribution in [0.1, 0.15) is 6.23 Å². The van der Waals surface area contributed by atoms with Crippen molar-refractivity contribution in [3.05, 3.63) is 33.1 Å². The molecule has 4 atom stereocenters. The summed E-state index contributed by atoms with van der Waals surface area (Å²) in [6.07, 6.45) is -5.06. The molecule has 0 unspecified atom stereocenters. The number of aliphatic hydroxyl groups is 2. The summed E-state index contributed by atoms with van der Waals surface area (Å²) in [4.78, 5) is 69.1. The van der Waals surface area contributed by atoms with Crippen LogP contribution in [0, 0.1) is 0 Å². The number of aromatic nitrogens is 2. The van der Waals surface area contributed by atoms with Crippen LogP contribution >= 0.6 is 16.3 Å². The summed E-state index contributed by atoms with van der Waals surface area (Å²) >= 11 is 0. The smallest absolute Gasteiger partial charge is 0.387 e. The molecule has 0 amide bonds. The van der Waals surface area contributed by atoms with Crippen LogP contribution in [0.15, 0.2) is 21.9 Å². The summed E-state index contributed by atoms with van der Waals surface area (Å²) in [7, 11) is -9.86. The number of rotatable bonds is 6. The second kappa shape index (κ2) is 7.40. The molecule has 0 bridgehead atoms. The SMILES string of the molecule is O=c1ccn([C@@H]2O[C@H](CO[P+](O)(O)O[P+](O)(O)O)[C@@H](O)[C@H]2O)c(=O)[nH]1. The van der Waals surface area contributed by atoms with E-state index in [4.69, 9.17) is 19.4 Å². The number of ether oxygens (including phenoxy) is 1. The molecule has 1 fully saturated rings. The van der Waals surface area contributed by atoms with Gasteiger partial charge in [-0.3, -0.25) is 14.3 Å². The fraction of sp³-hybridized carbons (Fsp3) is 0.556. The van der Waals surface area contributed by atoms with Crippen LogP contribution in [0.3, 0.4) is 0 Å². The van der Waals surface area contributed by atoms with Crippen LogP contribution in [0.25, 0.3) is 0 Å². The van der Waals surface area contributed by atoms with Crippen LogP contribution in [0.5, 0.6) is 0 Å². The zero-order valence-electron chi connectivity index (χ0n) is 12.2. The van der Waals surface area contributed by atoms with Crippen molar-refractivity contribution in [1.82, 2.24) is 9.55 Å². The molecule has 0 aliphatic carbocycles. The largest absolute Gasteiger partial charge is 0.620 e.